The van der Waals surface area contributed by atoms with Crippen LogP contribution in [0.2, 0.25) is 5.02 Å². The molecule has 0 heterocycles. The number of rotatable bonds is 2. The normalized spacial score (nSPS) is 11.1. The molecule has 88 valence electrons. The van der Waals surface area contributed by atoms with Gasteiger partial charge >= 0.3 is 0 Å². The van der Waals surface area contributed by atoms with Crippen LogP contribution in [0.1, 0.15) is 18.1 Å². The highest BCUT2D eigenvalue weighted by Crippen LogP contribution is 2.33. The van der Waals surface area contributed by atoms with E-state index in [-0.39, 0.29) is 0 Å². The van der Waals surface area contributed by atoms with Crippen LogP contribution >= 0.6 is 11.6 Å². The van der Waals surface area contributed by atoms with Gasteiger partial charge in [0.25, 0.3) is 0 Å². The molecule has 0 aliphatic rings. The van der Waals surface area contributed by atoms with Gasteiger partial charge in [-0.2, -0.15) is 0 Å². The molecule has 0 aliphatic heterocycles. The second kappa shape index (κ2) is 5.53. The molecule has 0 aliphatic carbocycles. The van der Waals surface area contributed by atoms with Crippen molar-refractivity contribution in [1.82, 2.24) is 0 Å². The Morgan fingerprint density at radius 1 is 1.17 bits per heavy atom. The average Bonchev–Trinajstić information content (AvgIpc) is 2.41. The fourth-order valence-electron chi connectivity index (χ4n) is 1.92. The minimum absolute atomic E-state index is 0.622. The summed E-state index contributed by atoms with van der Waals surface area (Å²) in [4.78, 5) is 3.56. The molecule has 0 atom stereocenters. The average molecular weight is 254 g/mol. The molecule has 0 bridgehead atoms. The minimum Gasteiger partial charge on any atom is -0.238 e. The highest BCUT2D eigenvalue weighted by Gasteiger charge is 2.09. The summed E-state index contributed by atoms with van der Waals surface area (Å²) < 4.78 is 0. The number of benzene rings is 2. The topological polar surface area (TPSA) is 4.36 Å². The van der Waals surface area contributed by atoms with E-state index in [1.807, 2.05) is 49.4 Å². The Bertz CT molecular complexity index is 621. The van der Waals surface area contributed by atoms with Crippen molar-refractivity contribution in [2.75, 3.05) is 0 Å². The minimum atomic E-state index is 0.622. The molecule has 0 aromatic heterocycles. The van der Waals surface area contributed by atoms with Gasteiger partial charge in [-0.05, 0) is 29.7 Å². The fraction of sp³-hybridized carbons (Fsp3) is 0.0625. The molecular formula is C16H12ClN. The molecule has 2 heteroatoms. The van der Waals surface area contributed by atoms with Crippen molar-refractivity contribution in [1.29, 1.82) is 0 Å². The van der Waals surface area contributed by atoms with Crippen LogP contribution < -0.4 is 0 Å². The number of hydrogen-bond acceptors (Lipinski definition) is 0. The summed E-state index contributed by atoms with van der Waals surface area (Å²) in [6.07, 6.45) is 2.01. The number of allylic oxidation sites excluding steroid dienone is 1. The summed E-state index contributed by atoms with van der Waals surface area (Å²) in [7, 11) is 0. The van der Waals surface area contributed by atoms with Crippen LogP contribution in [0.4, 0.5) is 5.69 Å². The van der Waals surface area contributed by atoms with Crippen LogP contribution in [0, 0.1) is 6.57 Å². The van der Waals surface area contributed by atoms with E-state index in [9.17, 15) is 0 Å². The van der Waals surface area contributed by atoms with Gasteiger partial charge in [-0.25, -0.2) is 4.85 Å². The molecule has 2 rings (SSSR count). The number of halogens is 1. The van der Waals surface area contributed by atoms with Gasteiger partial charge in [-0.3, -0.25) is 0 Å². The van der Waals surface area contributed by atoms with Crippen LogP contribution in [-0.2, 0) is 0 Å². The zero-order valence-electron chi connectivity index (χ0n) is 10.0. The van der Waals surface area contributed by atoms with Crippen LogP contribution in [0.15, 0.2) is 54.6 Å². The van der Waals surface area contributed by atoms with Crippen molar-refractivity contribution in [3.8, 4) is 0 Å². The van der Waals surface area contributed by atoms with Crippen LogP contribution in [0.5, 0.6) is 0 Å². The lowest BCUT2D eigenvalue weighted by Gasteiger charge is -2.10. The predicted molar refractivity (Wildman–Crippen MR) is 76.9 cm³/mol. The van der Waals surface area contributed by atoms with E-state index in [2.05, 4.69) is 4.85 Å². The Labute approximate surface area is 112 Å². The van der Waals surface area contributed by atoms with Gasteiger partial charge in [0.15, 0.2) is 5.69 Å². The van der Waals surface area contributed by atoms with Crippen molar-refractivity contribution in [2.24, 2.45) is 0 Å². The van der Waals surface area contributed by atoms with E-state index in [0.29, 0.717) is 10.7 Å². The second-order valence-electron chi connectivity index (χ2n) is 3.84. The summed E-state index contributed by atoms with van der Waals surface area (Å²) in [6, 6.07) is 15.4. The zero-order valence-corrected chi connectivity index (χ0v) is 10.8. The summed E-state index contributed by atoms with van der Waals surface area (Å²) in [5, 5.41) is 0.646. The first-order valence-corrected chi connectivity index (χ1v) is 6.03. The molecule has 0 unspecified atom stereocenters. The molecule has 1 nitrogen and oxygen atoms in total. The third-order valence-electron chi connectivity index (χ3n) is 2.74. The zero-order chi connectivity index (χ0) is 13.0. The Kier molecular flexibility index (Phi) is 3.82. The Morgan fingerprint density at radius 3 is 2.50 bits per heavy atom. The van der Waals surface area contributed by atoms with Crippen LogP contribution in [0.3, 0.4) is 0 Å². The third kappa shape index (κ3) is 2.45. The Morgan fingerprint density at radius 2 is 1.89 bits per heavy atom. The van der Waals surface area contributed by atoms with Gasteiger partial charge in [0.05, 0.1) is 6.57 Å². The lowest BCUT2D eigenvalue weighted by Crippen LogP contribution is -1.88. The molecule has 2 aromatic rings. The van der Waals surface area contributed by atoms with Gasteiger partial charge in [0, 0.05) is 5.02 Å². The first-order chi connectivity index (χ1) is 8.76. The molecule has 0 fully saturated rings. The quantitative estimate of drug-likeness (QED) is 0.636. The van der Waals surface area contributed by atoms with Gasteiger partial charge in [-0.15, -0.1) is 0 Å². The van der Waals surface area contributed by atoms with E-state index >= 15 is 0 Å². The van der Waals surface area contributed by atoms with E-state index < -0.39 is 0 Å². The Balaban J connectivity index is 2.60. The maximum Gasteiger partial charge on any atom is 0.195 e. The van der Waals surface area contributed by atoms with Gasteiger partial charge in [0.2, 0.25) is 0 Å². The molecule has 2 aromatic carbocycles. The van der Waals surface area contributed by atoms with Crippen molar-refractivity contribution < 1.29 is 0 Å². The monoisotopic (exact) mass is 253 g/mol. The predicted octanol–water partition coefficient (Wildman–Crippen LogP) is 5.34. The molecular weight excluding hydrogens is 242 g/mol. The summed E-state index contributed by atoms with van der Waals surface area (Å²) in [6.45, 7) is 9.21. The molecule has 0 saturated heterocycles. The van der Waals surface area contributed by atoms with E-state index in [1.54, 1.807) is 12.1 Å². The Hall–Kier alpha value is -2.04. The number of hydrogen-bond donors (Lipinski definition) is 0. The van der Waals surface area contributed by atoms with Gasteiger partial charge < -0.3 is 0 Å². The second-order valence-corrected chi connectivity index (χ2v) is 4.28. The summed E-state index contributed by atoms with van der Waals surface area (Å²) in [5.74, 6) is 0. The number of nitrogens with zero attached hydrogens (tertiary/aromatic N) is 1. The highest BCUT2D eigenvalue weighted by atomic mass is 35.5. The van der Waals surface area contributed by atoms with E-state index in [0.717, 1.165) is 16.7 Å². The van der Waals surface area contributed by atoms with Gasteiger partial charge in [0.1, 0.15) is 0 Å². The van der Waals surface area contributed by atoms with Crippen LogP contribution in [-0.4, -0.2) is 0 Å². The molecule has 0 radical (unpaired) electrons. The molecule has 0 saturated carbocycles. The molecule has 0 spiro atoms. The fourth-order valence-corrected chi connectivity index (χ4v) is 2.09. The molecule has 18 heavy (non-hydrogen) atoms. The van der Waals surface area contributed by atoms with Crippen molar-refractivity contribution in [3.05, 3.63) is 82.2 Å². The van der Waals surface area contributed by atoms with Crippen molar-refractivity contribution >= 4 is 22.9 Å². The van der Waals surface area contributed by atoms with E-state index in [4.69, 9.17) is 18.2 Å². The maximum absolute atomic E-state index is 7.24. The first-order valence-electron chi connectivity index (χ1n) is 5.65. The van der Waals surface area contributed by atoms with Crippen molar-refractivity contribution in [3.63, 3.8) is 0 Å². The van der Waals surface area contributed by atoms with Crippen molar-refractivity contribution in [2.45, 2.75) is 6.92 Å². The largest absolute Gasteiger partial charge is 0.238 e. The maximum atomic E-state index is 7.24. The lowest BCUT2D eigenvalue weighted by molar-refractivity contribution is 1.53. The van der Waals surface area contributed by atoms with Gasteiger partial charge in [-0.1, -0.05) is 60.1 Å². The standard InChI is InChI=1S/C16H12ClN/c1-3-14(12-7-5-4-6-8-12)15-11-13(17)9-10-16(15)18-2/h3-11H,1H3/b14-3+. The summed E-state index contributed by atoms with van der Waals surface area (Å²) >= 11 is 6.03. The molecule has 0 N–H and O–H groups in total. The third-order valence-corrected chi connectivity index (χ3v) is 2.98. The van der Waals surface area contributed by atoms with Crippen LogP contribution in [0.25, 0.3) is 10.4 Å². The SMILES string of the molecule is [C-]#[N+]c1ccc(Cl)cc1/C(=C/C)c1ccccc1. The highest BCUT2D eigenvalue weighted by molar-refractivity contribution is 6.31. The molecule has 0 amide bonds. The lowest BCUT2D eigenvalue weighted by atomic mass is 9.96. The van der Waals surface area contributed by atoms with E-state index in [1.165, 1.54) is 0 Å². The summed E-state index contributed by atoms with van der Waals surface area (Å²) in [5.41, 5.74) is 3.62. The smallest absolute Gasteiger partial charge is 0.195 e. The first kappa shape index (κ1) is 12.4.